The first kappa shape index (κ1) is 19.6. The van der Waals surface area contributed by atoms with E-state index < -0.39 is 6.04 Å². The molecule has 0 bridgehead atoms. The van der Waals surface area contributed by atoms with Gasteiger partial charge in [0, 0.05) is 40.8 Å². The van der Waals surface area contributed by atoms with Crippen molar-refractivity contribution in [3.63, 3.8) is 0 Å². The molecule has 3 heterocycles. The number of furan rings is 1. The number of piperidine rings is 1. The number of nitrogens with zero attached hydrogens (tertiary/aromatic N) is 1. The fraction of sp³-hybridized carbons (Fsp3) is 0.185. The number of hydrogen-bond donors (Lipinski definition) is 2. The number of carbonyl (C=O) groups excluding carboxylic acids is 2. The molecule has 6 rings (SSSR count). The molecule has 1 aromatic heterocycles. The van der Waals surface area contributed by atoms with Crippen LogP contribution < -0.4 is 10.6 Å². The standard InChI is InChI=1S/C27H23N3O3/c1-16-6-10-23(26(31)29-16)30-15-18-13-19(8-9-20(18)27(30)32)28-14-17-7-11-25-22(12-17)21-4-2-3-5-24(21)33-25/h2-5,7-9,11-13,23,28H,1,6,10,14-15H2,(H,29,31)/t23-/m0/s1. The van der Waals surface area contributed by atoms with E-state index in [0.29, 0.717) is 37.2 Å². The summed E-state index contributed by atoms with van der Waals surface area (Å²) < 4.78 is 5.91. The van der Waals surface area contributed by atoms with E-state index in [1.807, 2.05) is 42.5 Å². The molecular formula is C27H23N3O3. The molecule has 1 atom stereocenters. The van der Waals surface area contributed by atoms with Crippen LogP contribution in [0, 0.1) is 0 Å². The van der Waals surface area contributed by atoms with E-state index in [4.69, 9.17) is 4.42 Å². The summed E-state index contributed by atoms with van der Waals surface area (Å²) in [6, 6.07) is 19.6. The van der Waals surface area contributed by atoms with Gasteiger partial charge in [-0.1, -0.05) is 30.8 Å². The van der Waals surface area contributed by atoms with E-state index in [0.717, 1.165) is 38.8 Å². The Morgan fingerprint density at radius 3 is 2.76 bits per heavy atom. The predicted molar refractivity (Wildman–Crippen MR) is 128 cm³/mol. The molecule has 164 valence electrons. The van der Waals surface area contributed by atoms with Crippen LogP contribution >= 0.6 is 0 Å². The molecule has 0 saturated carbocycles. The van der Waals surface area contributed by atoms with Gasteiger partial charge >= 0.3 is 0 Å². The topological polar surface area (TPSA) is 74.6 Å². The van der Waals surface area contributed by atoms with Crippen molar-refractivity contribution in [2.75, 3.05) is 5.32 Å². The van der Waals surface area contributed by atoms with Crippen LogP contribution in [0.3, 0.4) is 0 Å². The van der Waals surface area contributed by atoms with E-state index in [1.54, 1.807) is 4.90 Å². The monoisotopic (exact) mass is 437 g/mol. The zero-order valence-electron chi connectivity index (χ0n) is 18.1. The van der Waals surface area contributed by atoms with Gasteiger partial charge in [0.1, 0.15) is 17.2 Å². The summed E-state index contributed by atoms with van der Waals surface area (Å²) >= 11 is 0. The number of allylic oxidation sites excluding steroid dienone is 1. The summed E-state index contributed by atoms with van der Waals surface area (Å²) in [5.41, 5.74) is 6.19. The Hall–Kier alpha value is -4.06. The van der Waals surface area contributed by atoms with Crippen molar-refractivity contribution in [2.24, 2.45) is 0 Å². The van der Waals surface area contributed by atoms with E-state index in [1.165, 1.54) is 0 Å². The lowest BCUT2D eigenvalue weighted by Crippen LogP contribution is -2.49. The van der Waals surface area contributed by atoms with Gasteiger partial charge in [0.25, 0.3) is 5.91 Å². The first-order valence-corrected chi connectivity index (χ1v) is 11.1. The Bertz CT molecular complexity index is 1450. The molecule has 0 radical (unpaired) electrons. The van der Waals surface area contributed by atoms with E-state index in [-0.39, 0.29) is 11.8 Å². The number of amides is 2. The average molecular weight is 437 g/mol. The number of benzene rings is 3. The fourth-order valence-corrected chi connectivity index (χ4v) is 4.85. The number of carbonyl (C=O) groups is 2. The van der Waals surface area contributed by atoms with Crippen molar-refractivity contribution >= 4 is 39.4 Å². The minimum absolute atomic E-state index is 0.0819. The van der Waals surface area contributed by atoms with Crippen molar-refractivity contribution in [3.8, 4) is 0 Å². The molecule has 2 aliphatic rings. The van der Waals surface area contributed by atoms with Crippen LogP contribution in [-0.2, 0) is 17.9 Å². The first-order chi connectivity index (χ1) is 16.1. The highest BCUT2D eigenvalue weighted by atomic mass is 16.3. The van der Waals surface area contributed by atoms with Crippen molar-refractivity contribution in [1.82, 2.24) is 10.2 Å². The summed E-state index contributed by atoms with van der Waals surface area (Å²) in [7, 11) is 0. The zero-order chi connectivity index (χ0) is 22.5. The van der Waals surface area contributed by atoms with Gasteiger partial charge in [-0.3, -0.25) is 9.59 Å². The van der Waals surface area contributed by atoms with Gasteiger partial charge in [-0.05, 0) is 60.4 Å². The minimum Gasteiger partial charge on any atom is -0.456 e. The number of fused-ring (bicyclic) bond motifs is 4. The molecule has 0 spiro atoms. The van der Waals surface area contributed by atoms with Crippen LogP contribution in [0.1, 0.15) is 34.3 Å². The number of para-hydroxylation sites is 1. The molecule has 6 heteroatoms. The highest BCUT2D eigenvalue weighted by Crippen LogP contribution is 2.31. The second-order valence-corrected chi connectivity index (χ2v) is 8.73. The zero-order valence-corrected chi connectivity index (χ0v) is 18.1. The van der Waals surface area contributed by atoms with E-state index in [9.17, 15) is 9.59 Å². The quantitative estimate of drug-likeness (QED) is 0.474. The van der Waals surface area contributed by atoms with Gasteiger partial charge < -0.3 is 20.0 Å². The van der Waals surface area contributed by atoms with Gasteiger partial charge in [-0.25, -0.2) is 0 Å². The van der Waals surface area contributed by atoms with Crippen molar-refractivity contribution in [1.29, 1.82) is 0 Å². The van der Waals surface area contributed by atoms with Crippen LogP contribution in [0.15, 0.2) is 77.4 Å². The third kappa shape index (κ3) is 3.35. The summed E-state index contributed by atoms with van der Waals surface area (Å²) in [4.78, 5) is 27.0. The molecule has 2 N–H and O–H groups in total. The Kier molecular flexibility index (Phi) is 4.47. The molecule has 6 nitrogen and oxygen atoms in total. The van der Waals surface area contributed by atoms with Gasteiger partial charge in [-0.2, -0.15) is 0 Å². The summed E-state index contributed by atoms with van der Waals surface area (Å²) in [5, 5.41) is 8.46. The summed E-state index contributed by atoms with van der Waals surface area (Å²) in [6.07, 6.45) is 1.31. The molecule has 1 fully saturated rings. The van der Waals surface area contributed by atoms with Crippen LogP contribution in [0.4, 0.5) is 5.69 Å². The minimum atomic E-state index is -0.441. The molecule has 2 amide bonds. The maximum atomic E-state index is 12.9. The lowest BCUT2D eigenvalue weighted by molar-refractivity contribution is -0.126. The number of nitrogens with one attached hydrogen (secondary N) is 2. The van der Waals surface area contributed by atoms with Crippen molar-refractivity contribution < 1.29 is 14.0 Å². The van der Waals surface area contributed by atoms with Crippen molar-refractivity contribution in [2.45, 2.75) is 32.0 Å². The third-order valence-electron chi connectivity index (χ3n) is 6.57. The van der Waals surface area contributed by atoms with E-state index >= 15 is 0 Å². The van der Waals surface area contributed by atoms with E-state index in [2.05, 4.69) is 35.4 Å². The lowest BCUT2D eigenvalue weighted by atomic mass is 10.0. The second kappa shape index (κ2) is 7.52. The predicted octanol–water partition coefficient (Wildman–Crippen LogP) is 4.95. The second-order valence-electron chi connectivity index (χ2n) is 8.73. The molecule has 1 saturated heterocycles. The smallest absolute Gasteiger partial charge is 0.255 e. The third-order valence-corrected chi connectivity index (χ3v) is 6.57. The maximum Gasteiger partial charge on any atom is 0.255 e. The van der Waals surface area contributed by atoms with Crippen LogP contribution in [0.2, 0.25) is 0 Å². The van der Waals surface area contributed by atoms with Gasteiger partial charge in [0.15, 0.2) is 0 Å². The SMILES string of the molecule is C=C1CC[C@H](N2Cc3cc(NCc4ccc5oc6ccccc6c5c4)ccc3C2=O)C(=O)N1. The Labute approximate surface area is 190 Å². The molecule has 4 aromatic rings. The van der Waals surface area contributed by atoms with Crippen LogP contribution in [-0.4, -0.2) is 22.8 Å². The fourth-order valence-electron chi connectivity index (χ4n) is 4.85. The number of hydrogen-bond acceptors (Lipinski definition) is 4. The Morgan fingerprint density at radius 2 is 1.88 bits per heavy atom. The molecule has 3 aromatic carbocycles. The van der Waals surface area contributed by atoms with Crippen LogP contribution in [0.25, 0.3) is 21.9 Å². The largest absolute Gasteiger partial charge is 0.456 e. The lowest BCUT2D eigenvalue weighted by Gasteiger charge is -2.30. The molecule has 0 unspecified atom stereocenters. The van der Waals surface area contributed by atoms with Crippen molar-refractivity contribution in [3.05, 3.63) is 89.6 Å². The molecular weight excluding hydrogens is 414 g/mol. The highest BCUT2D eigenvalue weighted by molar-refractivity contribution is 6.05. The van der Waals surface area contributed by atoms with Gasteiger partial charge in [0.05, 0.1) is 0 Å². The Balaban J connectivity index is 1.19. The summed E-state index contributed by atoms with van der Waals surface area (Å²) in [5.74, 6) is -0.227. The highest BCUT2D eigenvalue weighted by Gasteiger charge is 2.38. The average Bonchev–Trinajstić information content (AvgIpc) is 3.35. The molecule has 0 aliphatic carbocycles. The molecule has 33 heavy (non-hydrogen) atoms. The number of anilines is 1. The van der Waals surface area contributed by atoms with Gasteiger partial charge in [0.2, 0.25) is 5.91 Å². The maximum absolute atomic E-state index is 12.9. The summed E-state index contributed by atoms with van der Waals surface area (Å²) in [6.45, 7) is 4.92. The Morgan fingerprint density at radius 1 is 1.03 bits per heavy atom. The normalized spacial score (nSPS) is 18.1. The first-order valence-electron chi connectivity index (χ1n) is 11.1. The van der Waals surface area contributed by atoms with Gasteiger partial charge in [-0.15, -0.1) is 0 Å². The molecule has 2 aliphatic heterocycles. The van der Waals surface area contributed by atoms with Crippen LogP contribution in [0.5, 0.6) is 0 Å². The number of rotatable bonds is 4.